The summed E-state index contributed by atoms with van der Waals surface area (Å²) in [5.41, 5.74) is 1.08. The largest absolute Gasteiger partial charge is 0.490 e. The smallest absolute Gasteiger partial charge is 0.323 e. The molecular formula is C31H44N4O9S. The first-order valence-electron chi connectivity index (χ1n) is 15.1. The Kier molecular flexibility index (Phi) is 11.5. The first-order chi connectivity index (χ1) is 21.3. The number of rotatable bonds is 7. The topological polar surface area (TPSA) is 156 Å². The lowest BCUT2D eigenvalue weighted by molar-refractivity contribution is -0.00828. The second kappa shape index (κ2) is 15.1. The molecule has 2 aromatic rings. The van der Waals surface area contributed by atoms with Crippen LogP contribution in [0.5, 0.6) is 17.2 Å². The number of fused-ring (bicyclic) bond motifs is 2. The molecule has 2 aromatic carbocycles. The number of anilines is 2. The van der Waals surface area contributed by atoms with Gasteiger partial charge in [0.05, 0.1) is 36.7 Å². The van der Waals surface area contributed by atoms with Gasteiger partial charge in [0, 0.05) is 50.1 Å². The van der Waals surface area contributed by atoms with E-state index in [1.165, 1.54) is 16.3 Å². The average molecular weight is 649 g/mol. The Morgan fingerprint density at radius 1 is 1.07 bits per heavy atom. The molecular weight excluding hydrogens is 604 g/mol. The third-order valence-corrected chi connectivity index (χ3v) is 9.22. The minimum absolute atomic E-state index is 0.116. The normalized spacial score (nSPS) is 21.8. The van der Waals surface area contributed by atoms with Gasteiger partial charge in [0.2, 0.25) is 16.8 Å². The highest BCUT2D eigenvalue weighted by Gasteiger charge is 2.31. The number of likely N-dealkylation sites (N-methyl/N-ethyl adjacent to an activating group) is 1. The van der Waals surface area contributed by atoms with Crippen molar-refractivity contribution in [3.63, 3.8) is 0 Å². The highest BCUT2D eigenvalue weighted by molar-refractivity contribution is 7.88. The molecule has 0 aliphatic carbocycles. The number of nitrogens with zero attached hydrogens (tertiary/aromatic N) is 2. The van der Waals surface area contributed by atoms with Crippen LogP contribution in [0.3, 0.4) is 0 Å². The summed E-state index contributed by atoms with van der Waals surface area (Å²) in [4.78, 5) is 28.7. The van der Waals surface area contributed by atoms with E-state index in [2.05, 4.69) is 10.6 Å². The van der Waals surface area contributed by atoms with Crippen molar-refractivity contribution in [3.05, 3.63) is 42.0 Å². The minimum Gasteiger partial charge on any atom is -0.490 e. The Balaban J connectivity index is 1.61. The van der Waals surface area contributed by atoms with Crippen LogP contribution >= 0.6 is 0 Å². The molecule has 248 valence electrons. The lowest BCUT2D eigenvalue weighted by atomic mass is 10.0. The van der Waals surface area contributed by atoms with Crippen molar-refractivity contribution in [2.75, 3.05) is 57.0 Å². The van der Waals surface area contributed by atoms with Gasteiger partial charge in [-0.25, -0.2) is 17.5 Å². The molecule has 0 fully saturated rings. The van der Waals surface area contributed by atoms with Gasteiger partial charge in [-0.15, -0.1) is 0 Å². The fourth-order valence-electron chi connectivity index (χ4n) is 5.12. The molecule has 2 aliphatic heterocycles. The van der Waals surface area contributed by atoms with Crippen molar-refractivity contribution in [1.82, 2.24) is 9.21 Å². The highest BCUT2D eigenvalue weighted by Crippen LogP contribution is 2.34. The summed E-state index contributed by atoms with van der Waals surface area (Å²) in [5.74, 6) is 0.790. The maximum Gasteiger partial charge on any atom is 0.323 e. The predicted molar refractivity (Wildman–Crippen MR) is 170 cm³/mol. The molecule has 4 rings (SSSR count). The number of nitrogens with one attached hydrogen (secondary N) is 2. The van der Waals surface area contributed by atoms with Crippen LogP contribution in [0.25, 0.3) is 0 Å². The molecule has 45 heavy (non-hydrogen) atoms. The van der Waals surface area contributed by atoms with Crippen molar-refractivity contribution < 1.29 is 42.1 Å². The van der Waals surface area contributed by atoms with Crippen molar-refractivity contribution in [1.29, 1.82) is 0 Å². The number of aliphatic hydroxyl groups is 1. The summed E-state index contributed by atoms with van der Waals surface area (Å²) in [6, 6.07) is 8.83. The standard InChI is InChI=1S/C31H44N4O9S/c1-20-16-35(21(2)18-36)30(37)25-14-23(32-31(38)33-24-10-12-27-28(15-24)43-19-42-27)9-11-26(25)44-22(3)8-6-7-13-41-29(20)17-34(4)45(5,39)40/h9-12,14-15,20-22,29,36H,6-8,13,16-19H2,1-5H3,(H2,32,33,38)/t20-,21+,22+,29-/m0/s1. The zero-order valence-electron chi connectivity index (χ0n) is 26.4. The van der Waals surface area contributed by atoms with Crippen LogP contribution < -0.4 is 24.8 Å². The number of hydrogen-bond donors (Lipinski definition) is 3. The van der Waals surface area contributed by atoms with Crippen LogP contribution in [0.15, 0.2) is 36.4 Å². The molecule has 2 aliphatic rings. The molecule has 0 unspecified atom stereocenters. The molecule has 0 saturated carbocycles. The molecule has 3 N–H and O–H groups in total. The predicted octanol–water partition coefficient (Wildman–Crippen LogP) is 3.75. The van der Waals surface area contributed by atoms with E-state index in [-0.39, 0.29) is 44.1 Å². The fraction of sp³-hybridized carbons (Fsp3) is 0.548. The second-order valence-corrected chi connectivity index (χ2v) is 13.8. The Hall–Kier alpha value is -3.59. The number of amides is 3. The van der Waals surface area contributed by atoms with E-state index in [1.807, 2.05) is 13.8 Å². The summed E-state index contributed by atoms with van der Waals surface area (Å²) >= 11 is 0. The number of aliphatic hydroxyl groups excluding tert-OH is 1. The van der Waals surface area contributed by atoms with Crippen molar-refractivity contribution in [2.45, 2.75) is 58.3 Å². The summed E-state index contributed by atoms with van der Waals surface area (Å²) < 4.78 is 48.7. The quantitative estimate of drug-likeness (QED) is 0.407. The lowest BCUT2D eigenvalue weighted by Crippen LogP contribution is -2.47. The molecule has 0 radical (unpaired) electrons. The van der Waals surface area contributed by atoms with E-state index < -0.39 is 34.1 Å². The lowest BCUT2D eigenvalue weighted by Gasteiger charge is -2.35. The molecule has 3 amide bonds. The van der Waals surface area contributed by atoms with E-state index in [9.17, 15) is 23.1 Å². The Morgan fingerprint density at radius 2 is 1.73 bits per heavy atom. The Labute approximate surface area is 264 Å². The molecule has 4 atom stereocenters. The SMILES string of the molecule is C[C@@H]1CCCCO[C@@H](CN(C)S(C)(=O)=O)[C@@H](C)CN([C@H](C)CO)C(=O)c2cc(NC(=O)Nc3ccc4c(c3)OCO4)ccc2O1. The molecule has 13 nitrogen and oxygen atoms in total. The van der Waals surface area contributed by atoms with E-state index in [0.717, 1.165) is 19.1 Å². The van der Waals surface area contributed by atoms with E-state index >= 15 is 0 Å². The van der Waals surface area contributed by atoms with E-state index in [4.69, 9.17) is 18.9 Å². The molecule has 0 saturated heterocycles. The summed E-state index contributed by atoms with van der Waals surface area (Å²) in [6.45, 7) is 6.11. The van der Waals surface area contributed by atoms with Crippen LogP contribution in [0.2, 0.25) is 0 Å². The van der Waals surface area contributed by atoms with E-state index in [1.54, 1.807) is 43.3 Å². The van der Waals surface area contributed by atoms with Crippen LogP contribution in [-0.4, -0.2) is 99.3 Å². The van der Waals surface area contributed by atoms with Crippen molar-refractivity contribution >= 4 is 33.3 Å². The first-order valence-corrected chi connectivity index (χ1v) is 16.9. The Bertz CT molecular complexity index is 1450. The van der Waals surface area contributed by atoms with E-state index in [0.29, 0.717) is 41.7 Å². The van der Waals surface area contributed by atoms with Crippen LogP contribution in [0.1, 0.15) is 50.4 Å². The summed E-state index contributed by atoms with van der Waals surface area (Å²) in [5, 5.41) is 15.6. The van der Waals surface area contributed by atoms with Crippen molar-refractivity contribution in [3.8, 4) is 17.2 Å². The van der Waals surface area contributed by atoms with Gasteiger partial charge >= 0.3 is 6.03 Å². The van der Waals surface area contributed by atoms with Gasteiger partial charge in [-0.1, -0.05) is 6.92 Å². The summed E-state index contributed by atoms with van der Waals surface area (Å²) in [7, 11) is -1.95. The van der Waals surface area contributed by atoms with Gasteiger partial charge in [-0.05, 0) is 63.4 Å². The van der Waals surface area contributed by atoms with Gasteiger partial charge in [0.25, 0.3) is 5.91 Å². The number of urea groups is 1. The molecule has 0 spiro atoms. The molecule has 2 heterocycles. The minimum atomic E-state index is -3.45. The van der Waals surface area contributed by atoms with Gasteiger partial charge < -0.3 is 39.6 Å². The molecule has 0 bridgehead atoms. The maximum absolute atomic E-state index is 14.2. The highest BCUT2D eigenvalue weighted by atomic mass is 32.2. The average Bonchev–Trinajstić information content (AvgIpc) is 3.46. The number of ether oxygens (including phenoxy) is 4. The number of hydrogen-bond acceptors (Lipinski definition) is 9. The summed E-state index contributed by atoms with van der Waals surface area (Å²) in [6.07, 6.45) is 2.69. The third-order valence-electron chi connectivity index (χ3n) is 7.94. The van der Waals surface area contributed by atoms with Gasteiger partial charge in [-0.2, -0.15) is 0 Å². The zero-order valence-corrected chi connectivity index (χ0v) is 27.3. The monoisotopic (exact) mass is 648 g/mol. The van der Waals surface area contributed by atoms with Crippen molar-refractivity contribution in [2.24, 2.45) is 5.92 Å². The Morgan fingerprint density at radius 3 is 2.42 bits per heavy atom. The first kappa shape index (κ1) is 34.3. The third kappa shape index (κ3) is 9.22. The van der Waals surface area contributed by atoms with Gasteiger partial charge in [-0.3, -0.25) is 4.79 Å². The van der Waals surface area contributed by atoms with Gasteiger partial charge in [0.1, 0.15) is 5.75 Å². The second-order valence-electron chi connectivity index (χ2n) is 11.7. The number of sulfonamides is 1. The number of carbonyl (C=O) groups excluding carboxylic acids is 2. The number of carbonyl (C=O) groups is 2. The van der Waals surface area contributed by atoms with Crippen LogP contribution in [0.4, 0.5) is 16.2 Å². The molecule has 14 heteroatoms. The van der Waals surface area contributed by atoms with Gasteiger partial charge in [0.15, 0.2) is 11.5 Å². The molecule has 0 aromatic heterocycles. The van der Waals surface area contributed by atoms with Crippen LogP contribution in [-0.2, 0) is 14.8 Å². The van der Waals surface area contributed by atoms with Crippen LogP contribution in [0, 0.1) is 5.92 Å². The fourth-order valence-corrected chi connectivity index (χ4v) is 5.54. The number of benzene rings is 2. The maximum atomic E-state index is 14.2. The zero-order chi connectivity index (χ0) is 32.7.